The summed E-state index contributed by atoms with van der Waals surface area (Å²) in [5.74, 6) is 0.708. The number of aryl methyl sites for hydroxylation is 1. The van der Waals surface area contributed by atoms with E-state index in [1.54, 1.807) is 19.1 Å². The number of anilines is 1. The predicted octanol–water partition coefficient (Wildman–Crippen LogP) is 4.76. The molecule has 5 heteroatoms. The van der Waals surface area contributed by atoms with E-state index in [1.807, 2.05) is 42.2 Å². The van der Waals surface area contributed by atoms with Crippen molar-refractivity contribution >= 4 is 17.5 Å². The molecule has 0 saturated carbocycles. The molecule has 1 fully saturated rings. The number of nitrogens with one attached hydrogen (secondary N) is 1. The fraction of sp³-hybridized carbons (Fsp3) is 0.417. The first-order chi connectivity index (χ1) is 13.9. The van der Waals surface area contributed by atoms with Crippen molar-refractivity contribution < 1.29 is 14.3 Å². The maximum absolute atomic E-state index is 12.8. The van der Waals surface area contributed by atoms with Crippen LogP contribution in [0.3, 0.4) is 0 Å². The third-order valence-corrected chi connectivity index (χ3v) is 5.27. The van der Waals surface area contributed by atoms with Crippen LogP contribution in [0.2, 0.25) is 0 Å². The quantitative estimate of drug-likeness (QED) is 0.768. The molecule has 1 aliphatic heterocycles. The first-order valence-electron chi connectivity index (χ1n) is 10.3. The Balaban J connectivity index is 1.74. The first kappa shape index (κ1) is 20.9. The minimum atomic E-state index is -0.691. The lowest BCUT2D eigenvalue weighted by molar-refractivity contribution is -0.122. The van der Waals surface area contributed by atoms with Crippen LogP contribution in [0.15, 0.2) is 42.5 Å². The van der Waals surface area contributed by atoms with Crippen LogP contribution in [0, 0.1) is 6.92 Å². The van der Waals surface area contributed by atoms with Gasteiger partial charge in [0.05, 0.1) is 11.3 Å². The lowest BCUT2D eigenvalue weighted by atomic mass is 10.0. The Kier molecular flexibility index (Phi) is 6.57. The summed E-state index contributed by atoms with van der Waals surface area (Å²) in [6.45, 7) is 9.47. The summed E-state index contributed by atoms with van der Waals surface area (Å²) in [6, 6.07) is 13.2. The Morgan fingerprint density at radius 1 is 1.03 bits per heavy atom. The number of ether oxygens (including phenoxy) is 1. The van der Waals surface area contributed by atoms with Gasteiger partial charge in [-0.2, -0.15) is 0 Å². The van der Waals surface area contributed by atoms with Gasteiger partial charge in [-0.1, -0.05) is 38.1 Å². The van der Waals surface area contributed by atoms with Gasteiger partial charge < -0.3 is 15.0 Å². The topological polar surface area (TPSA) is 58.6 Å². The molecule has 1 atom stereocenters. The van der Waals surface area contributed by atoms with Crippen LogP contribution in [0.1, 0.15) is 61.0 Å². The minimum Gasteiger partial charge on any atom is -0.481 e. The highest BCUT2D eigenvalue weighted by Crippen LogP contribution is 2.28. The molecule has 0 aromatic heterocycles. The van der Waals surface area contributed by atoms with Gasteiger partial charge in [0.15, 0.2) is 6.10 Å². The number of carbonyl (C=O) groups excluding carboxylic acids is 2. The molecule has 1 N–H and O–H groups in total. The molecule has 2 aromatic rings. The Hall–Kier alpha value is -2.82. The van der Waals surface area contributed by atoms with E-state index in [4.69, 9.17) is 4.74 Å². The summed E-state index contributed by atoms with van der Waals surface area (Å²) in [4.78, 5) is 27.5. The smallest absolute Gasteiger partial charge is 0.265 e. The molecule has 1 saturated heterocycles. The van der Waals surface area contributed by atoms with Crippen molar-refractivity contribution in [3.8, 4) is 5.75 Å². The van der Waals surface area contributed by atoms with Gasteiger partial charge in [-0.25, -0.2) is 0 Å². The lowest BCUT2D eigenvalue weighted by Gasteiger charge is -2.21. The molecule has 3 rings (SSSR count). The SMILES string of the molecule is Cc1ccc(C(C)C)c(O[C@@H](C)C(=O)Nc2ccccc2C(=O)N2CCCC2)c1. The molecular formula is C24H30N2O3. The number of carbonyl (C=O) groups is 2. The van der Waals surface area contributed by atoms with E-state index in [1.165, 1.54) is 0 Å². The summed E-state index contributed by atoms with van der Waals surface area (Å²) < 4.78 is 6.01. The maximum atomic E-state index is 12.8. The van der Waals surface area contributed by atoms with E-state index in [-0.39, 0.29) is 11.8 Å². The molecule has 154 valence electrons. The van der Waals surface area contributed by atoms with Gasteiger partial charge in [0, 0.05) is 13.1 Å². The van der Waals surface area contributed by atoms with Crippen molar-refractivity contribution in [1.29, 1.82) is 0 Å². The first-order valence-corrected chi connectivity index (χ1v) is 10.3. The van der Waals surface area contributed by atoms with Gasteiger partial charge in [-0.05, 0) is 61.9 Å². The Labute approximate surface area is 173 Å². The third-order valence-electron chi connectivity index (χ3n) is 5.27. The van der Waals surface area contributed by atoms with Crippen LogP contribution >= 0.6 is 0 Å². The predicted molar refractivity (Wildman–Crippen MR) is 116 cm³/mol. The second-order valence-electron chi connectivity index (χ2n) is 7.99. The van der Waals surface area contributed by atoms with Crippen molar-refractivity contribution in [2.75, 3.05) is 18.4 Å². The molecule has 0 bridgehead atoms. The lowest BCUT2D eigenvalue weighted by Crippen LogP contribution is -2.32. The fourth-order valence-electron chi connectivity index (χ4n) is 3.57. The summed E-state index contributed by atoms with van der Waals surface area (Å²) in [5, 5.41) is 2.89. The van der Waals surface area contributed by atoms with E-state index >= 15 is 0 Å². The molecule has 0 unspecified atom stereocenters. The summed E-state index contributed by atoms with van der Waals surface area (Å²) in [7, 11) is 0. The number of hydrogen-bond donors (Lipinski definition) is 1. The Morgan fingerprint density at radius 2 is 1.72 bits per heavy atom. The highest BCUT2D eigenvalue weighted by atomic mass is 16.5. The van der Waals surface area contributed by atoms with Gasteiger partial charge >= 0.3 is 0 Å². The molecule has 0 radical (unpaired) electrons. The van der Waals surface area contributed by atoms with Crippen LogP contribution in [0.25, 0.3) is 0 Å². The molecule has 0 aliphatic carbocycles. The van der Waals surface area contributed by atoms with Crippen molar-refractivity contribution in [2.45, 2.75) is 52.6 Å². The molecular weight excluding hydrogens is 364 g/mol. The third kappa shape index (κ3) is 4.97. The van der Waals surface area contributed by atoms with Crippen LogP contribution in [-0.4, -0.2) is 35.9 Å². The fourth-order valence-corrected chi connectivity index (χ4v) is 3.57. The summed E-state index contributed by atoms with van der Waals surface area (Å²) >= 11 is 0. The van der Waals surface area contributed by atoms with Crippen LogP contribution < -0.4 is 10.1 Å². The van der Waals surface area contributed by atoms with E-state index < -0.39 is 6.10 Å². The second-order valence-corrected chi connectivity index (χ2v) is 7.99. The van der Waals surface area contributed by atoms with Crippen molar-refractivity contribution in [3.63, 3.8) is 0 Å². The van der Waals surface area contributed by atoms with E-state index in [0.29, 0.717) is 17.2 Å². The summed E-state index contributed by atoms with van der Waals surface area (Å²) in [6.07, 6.45) is 1.36. The van der Waals surface area contributed by atoms with Crippen molar-refractivity contribution in [3.05, 3.63) is 59.2 Å². The zero-order valence-electron chi connectivity index (χ0n) is 17.7. The van der Waals surface area contributed by atoms with Gasteiger partial charge in [-0.3, -0.25) is 9.59 Å². The zero-order chi connectivity index (χ0) is 21.0. The van der Waals surface area contributed by atoms with Crippen LogP contribution in [-0.2, 0) is 4.79 Å². The Morgan fingerprint density at radius 3 is 2.41 bits per heavy atom. The average molecular weight is 395 g/mol. The van der Waals surface area contributed by atoms with Gasteiger partial charge in [-0.15, -0.1) is 0 Å². The number of likely N-dealkylation sites (tertiary alicyclic amines) is 1. The van der Waals surface area contributed by atoms with E-state index in [2.05, 4.69) is 19.2 Å². The number of amides is 2. The minimum absolute atomic E-state index is 0.0345. The highest BCUT2D eigenvalue weighted by molar-refractivity contribution is 6.04. The van der Waals surface area contributed by atoms with E-state index in [0.717, 1.165) is 42.8 Å². The van der Waals surface area contributed by atoms with Crippen LogP contribution in [0.5, 0.6) is 5.75 Å². The molecule has 0 spiro atoms. The van der Waals surface area contributed by atoms with E-state index in [9.17, 15) is 9.59 Å². The molecule has 1 aliphatic rings. The number of hydrogen-bond acceptors (Lipinski definition) is 3. The number of rotatable bonds is 6. The molecule has 2 amide bonds. The van der Waals surface area contributed by atoms with Crippen molar-refractivity contribution in [1.82, 2.24) is 4.90 Å². The molecule has 29 heavy (non-hydrogen) atoms. The average Bonchev–Trinajstić information content (AvgIpc) is 3.22. The normalized spacial score (nSPS) is 14.7. The number of benzene rings is 2. The highest BCUT2D eigenvalue weighted by Gasteiger charge is 2.24. The largest absolute Gasteiger partial charge is 0.481 e. The standard InChI is InChI=1S/C24H30N2O3/c1-16(2)19-12-11-17(3)15-22(19)29-18(4)23(27)25-21-10-6-5-9-20(21)24(28)26-13-7-8-14-26/h5-6,9-12,15-16,18H,7-8,13-14H2,1-4H3,(H,25,27)/t18-/m0/s1. The molecule has 1 heterocycles. The molecule has 5 nitrogen and oxygen atoms in total. The maximum Gasteiger partial charge on any atom is 0.265 e. The number of para-hydroxylation sites is 1. The second kappa shape index (κ2) is 9.12. The molecule has 2 aromatic carbocycles. The van der Waals surface area contributed by atoms with Gasteiger partial charge in [0.1, 0.15) is 5.75 Å². The zero-order valence-corrected chi connectivity index (χ0v) is 17.7. The van der Waals surface area contributed by atoms with Crippen molar-refractivity contribution in [2.24, 2.45) is 0 Å². The monoisotopic (exact) mass is 394 g/mol. The Bertz CT molecular complexity index is 885. The number of nitrogens with zero attached hydrogens (tertiary/aromatic N) is 1. The van der Waals surface area contributed by atoms with Gasteiger partial charge in [0.25, 0.3) is 11.8 Å². The van der Waals surface area contributed by atoms with Gasteiger partial charge in [0.2, 0.25) is 0 Å². The summed E-state index contributed by atoms with van der Waals surface area (Å²) in [5.41, 5.74) is 3.20. The van der Waals surface area contributed by atoms with Crippen LogP contribution in [0.4, 0.5) is 5.69 Å².